The van der Waals surface area contributed by atoms with E-state index in [1.54, 1.807) is 0 Å². The number of aryl methyl sites for hydroxylation is 1. The lowest BCUT2D eigenvalue weighted by Gasteiger charge is -2.42. The first kappa shape index (κ1) is 30.8. The summed E-state index contributed by atoms with van der Waals surface area (Å²) in [6, 6.07) is 1.98. The van der Waals surface area contributed by atoms with Crippen molar-refractivity contribution in [2.24, 2.45) is 0 Å². The van der Waals surface area contributed by atoms with E-state index in [0.29, 0.717) is 0 Å². The maximum atomic E-state index is 14.6. The fraction of sp³-hybridized carbons (Fsp3) is 0.308. The second kappa shape index (κ2) is 11.3. The van der Waals surface area contributed by atoms with E-state index in [-0.39, 0.29) is 38.0 Å². The third-order valence-electron chi connectivity index (χ3n) is 7.19. The lowest BCUT2D eigenvalue weighted by molar-refractivity contribution is -0.210. The average molecular weight is 677 g/mol. The molecule has 232 valence electrons. The number of hydrogen-bond donors (Lipinski definition) is 3. The zero-order valence-corrected chi connectivity index (χ0v) is 24.4. The molecule has 0 saturated carbocycles. The lowest BCUT2D eigenvalue weighted by atomic mass is 9.92. The molecule has 1 aliphatic heterocycles. The first-order valence-electron chi connectivity index (χ1n) is 12.7. The minimum atomic E-state index is -4.89. The number of nitrogens with zero attached hydrogens (tertiary/aromatic N) is 6. The second-order valence-electron chi connectivity index (χ2n) is 9.89. The van der Waals surface area contributed by atoms with Crippen LogP contribution in [0, 0.1) is 18.6 Å². The number of ether oxygens (including phenoxy) is 1. The van der Waals surface area contributed by atoms with Gasteiger partial charge >= 0.3 is 6.18 Å². The van der Waals surface area contributed by atoms with Crippen LogP contribution in [-0.4, -0.2) is 69.8 Å². The van der Waals surface area contributed by atoms with Gasteiger partial charge in [0.25, 0.3) is 0 Å². The zero-order valence-electron chi connectivity index (χ0n) is 22.0. The van der Waals surface area contributed by atoms with Gasteiger partial charge in [-0.1, -0.05) is 23.2 Å². The Labute approximate surface area is 257 Å². The first-order chi connectivity index (χ1) is 20.8. The number of fused-ring (bicyclic) bond motifs is 1. The van der Waals surface area contributed by atoms with Gasteiger partial charge in [-0.25, -0.2) is 23.4 Å². The van der Waals surface area contributed by atoms with Gasteiger partial charge in [-0.3, -0.25) is 4.68 Å². The van der Waals surface area contributed by atoms with Crippen LogP contribution in [0.15, 0.2) is 36.1 Å². The van der Waals surface area contributed by atoms with Gasteiger partial charge in [0, 0.05) is 17.3 Å². The number of halogens is 7. The Hall–Kier alpha value is -3.25. The molecule has 6 rings (SSSR count). The molecule has 0 bridgehead atoms. The summed E-state index contributed by atoms with van der Waals surface area (Å²) in [5.74, 6) is -2.83. The average Bonchev–Trinajstić information content (AvgIpc) is 3.72. The van der Waals surface area contributed by atoms with Crippen LogP contribution in [0.4, 0.5) is 22.0 Å². The lowest BCUT2D eigenvalue weighted by Crippen LogP contribution is -2.53. The van der Waals surface area contributed by atoms with Crippen molar-refractivity contribution in [2.75, 3.05) is 6.61 Å². The summed E-state index contributed by atoms with van der Waals surface area (Å²) in [5, 5.41) is 40.3. The Morgan fingerprint density at radius 3 is 2.55 bits per heavy atom. The molecular weight excluding hydrogens is 658 g/mol. The van der Waals surface area contributed by atoms with Gasteiger partial charge in [0.15, 0.2) is 17.5 Å². The van der Waals surface area contributed by atoms with Crippen LogP contribution in [0.25, 0.3) is 27.0 Å². The van der Waals surface area contributed by atoms with E-state index >= 15 is 0 Å². The Balaban J connectivity index is 1.46. The minimum absolute atomic E-state index is 0.00860. The maximum Gasteiger partial charge on any atom is 0.419 e. The SMILES string of the molecule is Cc1nc([C@H]2O[C@@H](CO)[C@@H](O)[C@@H](n3cc(-c4ccc(Cl)c(F)c4F)cn3)[C@@H]2O)n(-c2cc(Cl)c3ncsc3c2C(F)(F)F)n1. The monoisotopic (exact) mass is 676 g/mol. The van der Waals surface area contributed by atoms with Gasteiger partial charge in [0.2, 0.25) is 0 Å². The third-order valence-corrected chi connectivity index (χ3v) is 8.61. The van der Waals surface area contributed by atoms with Crippen molar-refractivity contribution >= 4 is 44.8 Å². The van der Waals surface area contributed by atoms with Crippen molar-refractivity contribution in [3.8, 4) is 16.8 Å². The highest BCUT2D eigenvalue weighted by atomic mass is 35.5. The van der Waals surface area contributed by atoms with Crippen molar-refractivity contribution in [2.45, 2.75) is 43.6 Å². The Morgan fingerprint density at radius 2 is 1.84 bits per heavy atom. The fourth-order valence-electron chi connectivity index (χ4n) is 5.22. The van der Waals surface area contributed by atoms with Gasteiger partial charge in [-0.15, -0.1) is 11.3 Å². The van der Waals surface area contributed by atoms with Crippen LogP contribution in [0.5, 0.6) is 0 Å². The molecule has 2 aromatic carbocycles. The highest BCUT2D eigenvalue weighted by molar-refractivity contribution is 7.17. The summed E-state index contributed by atoms with van der Waals surface area (Å²) in [5.41, 5.74) is -0.611. The van der Waals surface area contributed by atoms with Crippen LogP contribution < -0.4 is 0 Å². The van der Waals surface area contributed by atoms with Crippen molar-refractivity contribution in [1.82, 2.24) is 29.5 Å². The molecule has 5 aromatic rings. The molecule has 3 aromatic heterocycles. The molecule has 1 fully saturated rings. The van der Waals surface area contributed by atoms with Crippen molar-refractivity contribution in [3.05, 3.63) is 75.0 Å². The van der Waals surface area contributed by atoms with Gasteiger partial charge in [0.05, 0.1) is 38.7 Å². The number of aromatic nitrogens is 6. The highest BCUT2D eigenvalue weighted by Crippen LogP contribution is 2.45. The van der Waals surface area contributed by atoms with E-state index in [1.165, 1.54) is 24.7 Å². The summed E-state index contributed by atoms with van der Waals surface area (Å²) >= 11 is 12.7. The van der Waals surface area contributed by atoms with Crippen LogP contribution in [0.1, 0.15) is 29.4 Å². The molecule has 10 nitrogen and oxygen atoms in total. The van der Waals surface area contributed by atoms with E-state index in [0.717, 1.165) is 39.0 Å². The minimum Gasteiger partial charge on any atom is -0.394 e. The Morgan fingerprint density at radius 1 is 1.09 bits per heavy atom. The molecule has 0 unspecified atom stereocenters. The van der Waals surface area contributed by atoms with Gasteiger partial charge in [-0.05, 0) is 25.1 Å². The summed E-state index contributed by atoms with van der Waals surface area (Å²) < 4.78 is 79.5. The topological polar surface area (TPSA) is 131 Å². The first-order valence-corrected chi connectivity index (χ1v) is 14.3. The van der Waals surface area contributed by atoms with Gasteiger partial charge in [0.1, 0.15) is 47.4 Å². The third kappa shape index (κ3) is 5.03. The predicted molar refractivity (Wildman–Crippen MR) is 148 cm³/mol. The molecule has 5 atom stereocenters. The molecule has 0 spiro atoms. The predicted octanol–water partition coefficient (Wildman–Crippen LogP) is 5.05. The molecule has 0 amide bonds. The molecule has 0 aliphatic carbocycles. The molecule has 44 heavy (non-hydrogen) atoms. The van der Waals surface area contributed by atoms with E-state index < -0.39 is 71.1 Å². The molecule has 1 aliphatic rings. The normalized spacial score (nSPS) is 22.7. The smallest absolute Gasteiger partial charge is 0.394 e. The molecule has 1 saturated heterocycles. The summed E-state index contributed by atoms with van der Waals surface area (Å²) in [6.45, 7) is 0.635. The van der Waals surface area contributed by atoms with E-state index in [9.17, 15) is 37.3 Å². The Kier molecular flexibility index (Phi) is 7.88. The number of alkyl halides is 3. The molecule has 4 heterocycles. The summed E-state index contributed by atoms with van der Waals surface area (Å²) in [4.78, 5) is 8.16. The zero-order chi connectivity index (χ0) is 31.7. The standard InChI is InChI=1S/C26H19Cl2F5N6O4S/c1-9-36-25(39(37-9)14-4-13(28)19-24(44-8-34-19)16(14)26(31,32)33)23-22(42)20(21(41)15(7-40)43-23)38-6-10(5-35-38)11-2-3-12(27)18(30)17(11)29/h2-6,8,15,20-23,40-42H,7H2,1H3/t15-,20+,21+,22-,23-/m0/s1. The van der Waals surface area contributed by atoms with Crippen LogP contribution >= 0.6 is 34.5 Å². The number of thiazole rings is 1. The summed E-state index contributed by atoms with van der Waals surface area (Å²) in [6.07, 6.45) is -8.85. The van der Waals surface area contributed by atoms with Crippen LogP contribution in [0.2, 0.25) is 10.0 Å². The van der Waals surface area contributed by atoms with Gasteiger partial charge in [-0.2, -0.15) is 23.4 Å². The summed E-state index contributed by atoms with van der Waals surface area (Å²) in [7, 11) is 0. The van der Waals surface area contributed by atoms with E-state index in [4.69, 9.17) is 27.9 Å². The number of hydrogen-bond acceptors (Lipinski definition) is 9. The number of benzene rings is 2. The molecule has 18 heteroatoms. The van der Waals surface area contributed by atoms with Crippen LogP contribution in [0.3, 0.4) is 0 Å². The van der Waals surface area contributed by atoms with E-state index in [2.05, 4.69) is 20.2 Å². The van der Waals surface area contributed by atoms with Gasteiger partial charge < -0.3 is 20.1 Å². The Bertz CT molecular complexity index is 1880. The maximum absolute atomic E-state index is 14.6. The molecule has 3 N–H and O–H groups in total. The molecule has 0 radical (unpaired) electrons. The van der Waals surface area contributed by atoms with Crippen LogP contribution in [-0.2, 0) is 10.9 Å². The number of aliphatic hydroxyl groups excluding tert-OH is 3. The second-order valence-corrected chi connectivity index (χ2v) is 11.6. The van der Waals surface area contributed by atoms with Crippen molar-refractivity contribution < 1.29 is 42.0 Å². The quantitative estimate of drug-likeness (QED) is 0.174. The number of aliphatic hydroxyl groups is 3. The van der Waals surface area contributed by atoms with Crippen molar-refractivity contribution in [3.63, 3.8) is 0 Å². The van der Waals surface area contributed by atoms with Crippen molar-refractivity contribution in [1.29, 1.82) is 0 Å². The van der Waals surface area contributed by atoms with E-state index in [1.807, 2.05) is 0 Å². The highest BCUT2D eigenvalue weighted by Gasteiger charge is 2.49. The molecular formula is C26H19Cl2F5N6O4S. The fourth-order valence-corrected chi connectivity index (χ4v) is 6.55. The number of rotatable bonds is 5. The largest absolute Gasteiger partial charge is 0.419 e.